The first-order valence-electron chi connectivity index (χ1n) is 6.68. The topological polar surface area (TPSA) is 105 Å². The van der Waals surface area contributed by atoms with E-state index in [2.05, 4.69) is 10.3 Å². The summed E-state index contributed by atoms with van der Waals surface area (Å²) >= 11 is 1.17. The number of nitrogens with zero attached hydrogens (tertiary/aromatic N) is 3. The van der Waals surface area contributed by atoms with Gasteiger partial charge in [-0.25, -0.2) is 13.4 Å². The first kappa shape index (κ1) is 17.3. The Balaban J connectivity index is 1.95. The summed E-state index contributed by atoms with van der Waals surface area (Å²) in [5.41, 5.74) is 0.257. The second-order valence-corrected chi connectivity index (χ2v) is 7.96. The standard InChI is InChI=1S/C13H16N4O4S2/c1-10-11(17(18)19)5-6-12(15-10)14-7-8-16(2)23(20,21)13-4-3-9-22-13/h3-6,9H,7-8H2,1-2H3,(H,14,15). The van der Waals surface area contributed by atoms with E-state index in [0.29, 0.717) is 22.3 Å². The van der Waals surface area contributed by atoms with Gasteiger partial charge in [-0.05, 0) is 24.4 Å². The van der Waals surface area contributed by atoms with Gasteiger partial charge in [0.2, 0.25) is 0 Å². The molecule has 1 N–H and O–H groups in total. The van der Waals surface area contributed by atoms with Crippen LogP contribution in [0.2, 0.25) is 0 Å². The minimum atomic E-state index is -3.47. The Hall–Kier alpha value is -2.04. The predicted octanol–water partition coefficient (Wildman–Crippen LogP) is 2.09. The van der Waals surface area contributed by atoms with Crippen LogP contribution in [0.3, 0.4) is 0 Å². The number of sulfonamides is 1. The molecule has 0 fully saturated rings. The molecule has 0 atom stereocenters. The third-order valence-corrected chi connectivity index (χ3v) is 6.38. The van der Waals surface area contributed by atoms with Crippen LogP contribution in [0.5, 0.6) is 0 Å². The fourth-order valence-corrected chi connectivity index (χ4v) is 4.24. The molecule has 124 valence electrons. The highest BCUT2D eigenvalue weighted by atomic mass is 32.2. The first-order chi connectivity index (χ1) is 10.8. The molecule has 0 bridgehead atoms. The Kier molecular flexibility index (Phi) is 5.29. The molecule has 0 aliphatic heterocycles. The van der Waals surface area contributed by atoms with Crippen LogP contribution in [0.15, 0.2) is 33.9 Å². The number of nitro groups is 1. The number of rotatable bonds is 7. The Morgan fingerprint density at radius 1 is 1.39 bits per heavy atom. The van der Waals surface area contributed by atoms with Gasteiger partial charge < -0.3 is 5.32 Å². The molecule has 0 saturated carbocycles. The molecule has 23 heavy (non-hydrogen) atoms. The molecular formula is C13H16N4O4S2. The van der Waals surface area contributed by atoms with E-state index in [-0.39, 0.29) is 12.2 Å². The monoisotopic (exact) mass is 356 g/mol. The number of aromatic nitrogens is 1. The summed E-state index contributed by atoms with van der Waals surface area (Å²) in [6, 6.07) is 6.12. The number of pyridine rings is 1. The van der Waals surface area contributed by atoms with E-state index in [4.69, 9.17) is 0 Å². The zero-order valence-electron chi connectivity index (χ0n) is 12.6. The Morgan fingerprint density at radius 2 is 2.13 bits per heavy atom. The Labute approximate surface area is 138 Å². The van der Waals surface area contributed by atoms with Crippen LogP contribution < -0.4 is 5.32 Å². The van der Waals surface area contributed by atoms with Gasteiger partial charge in [0.05, 0.1) is 4.92 Å². The largest absolute Gasteiger partial charge is 0.369 e. The summed E-state index contributed by atoms with van der Waals surface area (Å²) < 4.78 is 26.0. The molecule has 0 spiro atoms. The summed E-state index contributed by atoms with van der Waals surface area (Å²) in [5.74, 6) is 0.468. The molecule has 0 aliphatic rings. The van der Waals surface area contributed by atoms with Crippen LogP contribution in [0, 0.1) is 17.0 Å². The number of hydrogen-bond donors (Lipinski definition) is 1. The third-order valence-electron chi connectivity index (χ3n) is 3.15. The molecule has 8 nitrogen and oxygen atoms in total. The van der Waals surface area contributed by atoms with Crippen molar-refractivity contribution >= 4 is 32.9 Å². The van der Waals surface area contributed by atoms with E-state index in [1.165, 1.54) is 34.8 Å². The van der Waals surface area contributed by atoms with Gasteiger partial charge in [-0.2, -0.15) is 4.31 Å². The Bertz CT molecular complexity index is 790. The van der Waals surface area contributed by atoms with Crippen LogP contribution in [-0.2, 0) is 10.0 Å². The van der Waals surface area contributed by atoms with Gasteiger partial charge in [0.25, 0.3) is 15.7 Å². The highest BCUT2D eigenvalue weighted by molar-refractivity contribution is 7.91. The maximum Gasteiger partial charge on any atom is 0.290 e. The predicted molar refractivity (Wildman–Crippen MR) is 88.3 cm³/mol. The first-order valence-corrected chi connectivity index (χ1v) is 9.00. The Morgan fingerprint density at radius 3 is 2.70 bits per heavy atom. The summed E-state index contributed by atoms with van der Waals surface area (Å²) in [6.07, 6.45) is 0. The van der Waals surface area contributed by atoms with Crippen molar-refractivity contribution in [3.63, 3.8) is 0 Å². The molecule has 0 aromatic carbocycles. The van der Waals surface area contributed by atoms with E-state index in [0.717, 1.165) is 0 Å². The molecule has 2 heterocycles. The summed E-state index contributed by atoms with van der Waals surface area (Å²) in [5, 5.41) is 15.4. The zero-order valence-corrected chi connectivity index (χ0v) is 14.2. The van der Waals surface area contributed by atoms with Crippen molar-refractivity contribution in [2.45, 2.75) is 11.1 Å². The average molecular weight is 356 g/mol. The van der Waals surface area contributed by atoms with Gasteiger partial charge in [0, 0.05) is 26.2 Å². The molecule has 2 rings (SSSR count). The van der Waals surface area contributed by atoms with E-state index >= 15 is 0 Å². The summed E-state index contributed by atoms with van der Waals surface area (Å²) in [6.45, 7) is 2.14. The molecule has 0 aliphatic carbocycles. The van der Waals surface area contributed by atoms with Gasteiger partial charge >= 0.3 is 0 Å². The van der Waals surface area contributed by atoms with Crippen molar-refractivity contribution in [1.29, 1.82) is 0 Å². The molecule has 2 aromatic rings. The SMILES string of the molecule is Cc1nc(NCCN(C)S(=O)(=O)c2cccs2)ccc1[N+](=O)[O-]. The van der Waals surface area contributed by atoms with Gasteiger partial charge in [0.15, 0.2) is 0 Å². The maximum absolute atomic E-state index is 12.2. The van der Waals surface area contributed by atoms with Crippen LogP contribution in [0.1, 0.15) is 5.69 Å². The molecule has 0 radical (unpaired) electrons. The van der Waals surface area contributed by atoms with E-state index < -0.39 is 14.9 Å². The van der Waals surface area contributed by atoms with Gasteiger partial charge in [-0.3, -0.25) is 10.1 Å². The van der Waals surface area contributed by atoms with Crippen LogP contribution in [0.25, 0.3) is 0 Å². The van der Waals surface area contributed by atoms with Crippen LogP contribution in [-0.4, -0.2) is 42.8 Å². The summed E-state index contributed by atoms with van der Waals surface area (Å²) in [7, 11) is -1.97. The highest BCUT2D eigenvalue weighted by Crippen LogP contribution is 2.20. The minimum absolute atomic E-state index is 0.0482. The van der Waals surface area contributed by atoms with Crippen molar-refractivity contribution in [1.82, 2.24) is 9.29 Å². The number of nitrogens with one attached hydrogen (secondary N) is 1. The lowest BCUT2D eigenvalue weighted by atomic mass is 10.3. The number of likely N-dealkylation sites (N-methyl/N-ethyl adjacent to an activating group) is 1. The van der Waals surface area contributed by atoms with Gasteiger partial charge in [0.1, 0.15) is 15.7 Å². The smallest absolute Gasteiger partial charge is 0.290 e. The van der Waals surface area contributed by atoms with Gasteiger partial charge in [-0.15, -0.1) is 11.3 Å². The van der Waals surface area contributed by atoms with Crippen molar-refractivity contribution in [3.8, 4) is 0 Å². The number of anilines is 1. The number of thiophene rings is 1. The molecule has 0 saturated heterocycles. The van der Waals surface area contributed by atoms with Crippen LogP contribution in [0.4, 0.5) is 11.5 Å². The van der Waals surface area contributed by atoms with Gasteiger partial charge in [-0.1, -0.05) is 6.07 Å². The lowest BCUT2D eigenvalue weighted by Gasteiger charge is -2.16. The highest BCUT2D eigenvalue weighted by Gasteiger charge is 2.21. The number of hydrogen-bond acceptors (Lipinski definition) is 7. The molecule has 0 amide bonds. The van der Waals surface area contributed by atoms with E-state index in [9.17, 15) is 18.5 Å². The lowest BCUT2D eigenvalue weighted by molar-refractivity contribution is -0.385. The molecule has 2 aromatic heterocycles. The normalized spacial score (nSPS) is 11.6. The third kappa shape index (κ3) is 4.03. The average Bonchev–Trinajstić information content (AvgIpc) is 3.01. The minimum Gasteiger partial charge on any atom is -0.369 e. The fraction of sp³-hybridized carbons (Fsp3) is 0.308. The van der Waals surface area contributed by atoms with Crippen molar-refractivity contribution in [2.75, 3.05) is 25.5 Å². The van der Waals surface area contributed by atoms with E-state index in [1.807, 2.05) is 0 Å². The molecule has 0 unspecified atom stereocenters. The molecule has 10 heteroatoms. The molecular weight excluding hydrogens is 340 g/mol. The quantitative estimate of drug-likeness (QED) is 0.601. The fourth-order valence-electron chi connectivity index (χ4n) is 1.87. The van der Waals surface area contributed by atoms with Crippen molar-refractivity contribution < 1.29 is 13.3 Å². The zero-order chi connectivity index (χ0) is 17.0. The van der Waals surface area contributed by atoms with Crippen molar-refractivity contribution in [2.24, 2.45) is 0 Å². The van der Waals surface area contributed by atoms with Crippen LogP contribution >= 0.6 is 11.3 Å². The van der Waals surface area contributed by atoms with Crippen molar-refractivity contribution in [3.05, 3.63) is 45.5 Å². The second-order valence-electron chi connectivity index (χ2n) is 4.74. The number of aryl methyl sites for hydroxylation is 1. The second kappa shape index (κ2) is 7.02. The summed E-state index contributed by atoms with van der Waals surface area (Å²) in [4.78, 5) is 14.3. The maximum atomic E-state index is 12.2. The lowest BCUT2D eigenvalue weighted by Crippen LogP contribution is -2.31. The van der Waals surface area contributed by atoms with E-state index in [1.54, 1.807) is 24.4 Å².